The summed E-state index contributed by atoms with van der Waals surface area (Å²) in [5.41, 5.74) is 6.25. The van der Waals surface area contributed by atoms with E-state index in [2.05, 4.69) is 15.6 Å². The molecule has 3 aromatic rings. The number of pyridine rings is 1. The molecule has 0 radical (unpaired) electrons. The molecule has 5 heteroatoms. The number of hydrogen-bond acceptors (Lipinski definition) is 3. The number of aryl methyl sites for hydroxylation is 3. The van der Waals surface area contributed by atoms with Crippen LogP contribution >= 0.6 is 0 Å². The molecule has 0 saturated carbocycles. The van der Waals surface area contributed by atoms with Gasteiger partial charge >= 0.3 is 0 Å². The van der Waals surface area contributed by atoms with Gasteiger partial charge < -0.3 is 10.6 Å². The lowest BCUT2D eigenvalue weighted by atomic mass is 10.1. The van der Waals surface area contributed by atoms with E-state index in [4.69, 9.17) is 0 Å². The maximum atomic E-state index is 12.6. The first kappa shape index (κ1) is 19.3. The van der Waals surface area contributed by atoms with Gasteiger partial charge in [-0.25, -0.2) is 0 Å². The van der Waals surface area contributed by atoms with E-state index in [1.807, 2.05) is 64.1 Å². The van der Waals surface area contributed by atoms with E-state index in [0.29, 0.717) is 11.3 Å². The topological polar surface area (TPSA) is 71.1 Å². The van der Waals surface area contributed by atoms with Crippen molar-refractivity contribution in [2.75, 3.05) is 10.6 Å². The quantitative estimate of drug-likeness (QED) is 0.689. The SMILES string of the molecule is Cc1cc(C)cc(NC(=O)c2cc(C(=O)Nc3cccc(C)c3C)ccn2)c1. The largest absolute Gasteiger partial charge is 0.322 e. The van der Waals surface area contributed by atoms with E-state index in [1.54, 1.807) is 6.07 Å². The minimum atomic E-state index is -0.355. The fourth-order valence-corrected chi connectivity index (χ4v) is 3.02. The number of amides is 2. The number of carbonyl (C=O) groups is 2. The number of nitrogens with zero attached hydrogens (tertiary/aromatic N) is 1. The predicted octanol–water partition coefficient (Wildman–Crippen LogP) is 4.82. The van der Waals surface area contributed by atoms with Crippen LogP contribution < -0.4 is 10.6 Å². The van der Waals surface area contributed by atoms with Crippen LogP contribution in [0, 0.1) is 27.7 Å². The van der Waals surface area contributed by atoms with Crippen LogP contribution in [0.25, 0.3) is 0 Å². The number of nitrogens with one attached hydrogen (secondary N) is 2. The highest BCUT2D eigenvalue weighted by molar-refractivity contribution is 6.08. The first-order chi connectivity index (χ1) is 13.3. The van der Waals surface area contributed by atoms with E-state index < -0.39 is 0 Å². The Morgan fingerprint density at radius 2 is 1.54 bits per heavy atom. The summed E-state index contributed by atoms with van der Waals surface area (Å²) in [6, 6.07) is 14.7. The van der Waals surface area contributed by atoms with Gasteiger partial charge in [0.05, 0.1) is 0 Å². The summed E-state index contributed by atoms with van der Waals surface area (Å²) >= 11 is 0. The Labute approximate surface area is 164 Å². The van der Waals surface area contributed by atoms with Gasteiger partial charge in [0, 0.05) is 23.1 Å². The molecule has 0 fully saturated rings. The van der Waals surface area contributed by atoms with Crippen LogP contribution in [0.15, 0.2) is 54.7 Å². The van der Waals surface area contributed by atoms with Crippen molar-refractivity contribution in [1.29, 1.82) is 0 Å². The molecule has 2 aromatic carbocycles. The zero-order chi connectivity index (χ0) is 20.3. The van der Waals surface area contributed by atoms with Crippen molar-refractivity contribution in [2.24, 2.45) is 0 Å². The molecule has 0 spiro atoms. The molecule has 0 bridgehead atoms. The van der Waals surface area contributed by atoms with Crippen LogP contribution in [-0.2, 0) is 0 Å². The van der Waals surface area contributed by atoms with Gasteiger partial charge in [0.25, 0.3) is 11.8 Å². The van der Waals surface area contributed by atoms with E-state index in [-0.39, 0.29) is 17.5 Å². The average Bonchev–Trinajstić information content (AvgIpc) is 2.64. The normalized spacial score (nSPS) is 10.4. The fraction of sp³-hybridized carbons (Fsp3) is 0.174. The molecule has 0 aliphatic rings. The number of hydrogen-bond donors (Lipinski definition) is 2. The minimum Gasteiger partial charge on any atom is -0.322 e. The Balaban J connectivity index is 1.78. The Morgan fingerprint density at radius 3 is 2.25 bits per heavy atom. The van der Waals surface area contributed by atoms with Crippen molar-refractivity contribution in [1.82, 2.24) is 4.98 Å². The van der Waals surface area contributed by atoms with Crippen molar-refractivity contribution < 1.29 is 9.59 Å². The monoisotopic (exact) mass is 373 g/mol. The maximum Gasteiger partial charge on any atom is 0.274 e. The molecule has 0 atom stereocenters. The molecule has 1 heterocycles. The molecule has 28 heavy (non-hydrogen) atoms. The summed E-state index contributed by atoms with van der Waals surface area (Å²) in [6.07, 6.45) is 1.47. The van der Waals surface area contributed by atoms with Crippen molar-refractivity contribution in [3.05, 3.63) is 88.2 Å². The second kappa shape index (κ2) is 8.05. The molecule has 2 N–H and O–H groups in total. The van der Waals surface area contributed by atoms with Crippen molar-refractivity contribution >= 4 is 23.2 Å². The highest BCUT2D eigenvalue weighted by Crippen LogP contribution is 2.19. The zero-order valence-electron chi connectivity index (χ0n) is 16.5. The lowest BCUT2D eigenvalue weighted by molar-refractivity contribution is 0.102. The second-order valence-electron chi connectivity index (χ2n) is 6.96. The van der Waals surface area contributed by atoms with Gasteiger partial charge in [-0.2, -0.15) is 0 Å². The van der Waals surface area contributed by atoms with E-state index in [9.17, 15) is 9.59 Å². The molecule has 0 saturated heterocycles. The number of anilines is 2. The van der Waals surface area contributed by atoms with Gasteiger partial charge in [-0.15, -0.1) is 0 Å². The van der Waals surface area contributed by atoms with Gasteiger partial charge in [-0.05, 0) is 80.3 Å². The zero-order valence-corrected chi connectivity index (χ0v) is 16.5. The fourth-order valence-electron chi connectivity index (χ4n) is 3.02. The van der Waals surface area contributed by atoms with Crippen LogP contribution in [0.1, 0.15) is 43.1 Å². The summed E-state index contributed by atoms with van der Waals surface area (Å²) in [7, 11) is 0. The lowest BCUT2D eigenvalue weighted by Gasteiger charge is -2.11. The number of carbonyl (C=O) groups excluding carboxylic acids is 2. The lowest BCUT2D eigenvalue weighted by Crippen LogP contribution is -2.17. The summed E-state index contributed by atoms with van der Waals surface area (Å²) in [5, 5.41) is 5.74. The third-order valence-electron chi connectivity index (χ3n) is 4.59. The summed E-state index contributed by atoms with van der Waals surface area (Å²) in [4.78, 5) is 29.3. The smallest absolute Gasteiger partial charge is 0.274 e. The first-order valence-electron chi connectivity index (χ1n) is 9.07. The second-order valence-corrected chi connectivity index (χ2v) is 6.96. The van der Waals surface area contributed by atoms with Crippen molar-refractivity contribution in [2.45, 2.75) is 27.7 Å². The molecule has 0 unspecified atom stereocenters. The summed E-state index contributed by atoms with van der Waals surface area (Å²) < 4.78 is 0. The predicted molar refractivity (Wildman–Crippen MR) is 112 cm³/mol. The van der Waals surface area contributed by atoms with Gasteiger partial charge in [0.1, 0.15) is 5.69 Å². The standard InChI is InChI=1S/C23H23N3O2/c1-14-10-15(2)12-19(11-14)25-23(28)21-13-18(8-9-24-21)22(27)26-20-7-5-6-16(3)17(20)4/h5-13H,1-4H3,(H,25,28)(H,26,27). The van der Waals surface area contributed by atoms with Crippen LogP contribution in [0.4, 0.5) is 11.4 Å². The molecular weight excluding hydrogens is 350 g/mol. The summed E-state index contributed by atoms with van der Waals surface area (Å²) in [6.45, 7) is 7.89. The average molecular weight is 373 g/mol. The molecule has 0 aliphatic heterocycles. The van der Waals surface area contributed by atoms with Crippen molar-refractivity contribution in [3.8, 4) is 0 Å². The van der Waals surface area contributed by atoms with Crippen molar-refractivity contribution in [3.63, 3.8) is 0 Å². The Bertz CT molecular complexity index is 1040. The Kier molecular flexibility index (Phi) is 5.54. The summed E-state index contributed by atoms with van der Waals surface area (Å²) in [5.74, 6) is -0.636. The highest BCUT2D eigenvalue weighted by atomic mass is 16.2. The maximum absolute atomic E-state index is 12.6. The highest BCUT2D eigenvalue weighted by Gasteiger charge is 2.13. The number of rotatable bonds is 4. The third-order valence-corrected chi connectivity index (χ3v) is 4.59. The van der Waals surface area contributed by atoms with Gasteiger partial charge in [-0.1, -0.05) is 18.2 Å². The Morgan fingerprint density at radius 1 is 0.821 bits per heavy atom. The molecule has 5 nitrogen and oxygen atoms in total. The van der Waals surface area contributed by atoms with Gasteiger partial charge in [-0.3, -0.25) is 14.6 Å². The first-order valence-corrected chi connectivity index (χ1v) is 9.07. The molecular formula is C23H23N3O2. The third kappa shape index (κ3) is 4.43. The number of aromatic nitrogens is 1. The molecule has 3 rings (SSSR count). The van der Waals surface area contributed by atoms with Crippen LogP contribution in [-0.4, -0.2) is 16.8 Å². The molecule has 142 valence electrons. The van der Waals surface area contributed by atoms with Gasteiger partial charge in [0.15, 0.2) is 0 Å². The Hall–Kier alpha value is -3.47. The molecule has 2 amide bonds. The van der Waals surface area contributed by atoms with E-state index >= 15 is 0 Å². The van der Waals surface area contributed by atoms with Crippen LogP contribution in [0.2, 0.25) is 0 Å². The van der Waals surface area contributed by atoms with Crippen LogP contribution in [0.3, 0.4) is 0 Å². The molecule has 0 aliphatic carbocycles. The van der Waals surface area contributed by atoms with Gasteiger partial charge in [0.2, 0.25) is 0 Å². The van der Waals surface area contributed by atoms with E-state index in [1.165, 1.54) is 12.3 Å². The van der Waals surface area contributed by atoms with E-state index in [0.717, 1.165) is 27.9 Å². The van der Waals surface area contributed by atoms with Crippen LogP contribution in [0.5, 0.6) is 0 Å². The minimum absolute atomic E-state index is 0.188. The molecule has 1 aromatic heterocycles. The number of benzene rings is 2.